The van der Waals surface area contributed by atoms with Crippen molar-refractivity contribution in [3.05, 3.63) is 47.5 Å². The first-order valence-electron chi connectivity index (χ1n) is 5.57. The van der Waals surface area contributed by atoms with Crippen molar-refractivity contribution < 1.29 is 20.1 Å². The fourth-order valence-electron chi connectivity index (χ4n) is 1.32. The van der Waals surface area contributed by atoms with E-state index in [1.54, 1.807) is 0 Å². The van der Waals surface area contributed by atoms with Gasteiger partial charge in [0.2, 0.25) is 0 Å². The minimum absolute atomic E-state index is 0.114. The van der Waals surface area contributed by atoms with Crippen LogP contribution in [0, 0.1) is 0 Å². The lowest BCUT2D eigenvalue weighted by Gasteiger charge is -2.06. The normalized spacial score (nSPS) is 11.2. The average molecular weight is 281 g/mol. The molecule has 0 aliphatic rings. The van der Waals surface area contributed by atoms with Gasteiger partial charge in [-0.3, -0.25) is 4.79 Å². The summed E-state index contributed by atoms with van der Waals surface area (Å²) in [4.78, 5) is 10.4. The number of phenols is 2. The van der Waals surface area contributed by atoms with Crippen LogP contribution >= 0.6 is 8.19 Å². The van der Waals surface area contributed by atoms with E-state index in [-0.39, 0.29) is 17.9 Å². The van der Waals surface area contributed by atoms with Gasteiger partial charge < -0.3 is 21.1 Å². The third kappa shape index (κ3) is 5.46. The molecule has 0 unspecified atom stereocenters. The number of carboxylic acid groups (broad SMARTS) is 1. The van der Waals surface area contributed by atoms with Gasteiger partial charge in [-0.1, -0.05) is 18.2 Å². The highest BCUT2D eigenvalue weighted by Gasteiger charge is 2.12. The Labute approximate surface area is 112 Å². The average Bonchev–Trinajstić information content (AvgIpc) is 2.92. The molecule has 19 heavy (non-hydrogen) atoms. The molecule has 5 N–H and O–H groups in total. The molecule has 2 aromatic rings. The summed E-state index contributed by atoms with van der Waals surface area (Å²) < 4.78 is 0. The second kappa shape index (κ2) is 7.46. The Hall–Kier alpha value is -1.97. The number of hydrogen-bond donors (Lipinski definition) is 4. The summed E-state index contributed by atoms with van der Waals surface area (Å²) in [5.41, 5.74) is 5.86. The summed E-state index contributed by atoms with van der Waals surface area (Å²) in [5, 5.41) is 26.6. The topological polar surface area (TPSA) is 104 Å². The Kier molecular flexibility index (Phi) is 5.93. The second-order valence-corrected chi connectivity index (χ2v) is 4.86. The van der Waals surface area contributed by atoms with Crippen LogP contribution in [0.2, 0.25) is 0 Å². The number of nitrogens with two attached hydrogens (primary N) is 1. The van der Waals surface area contributed by atoms with Crippen molar-refractivity contribution in [1.82, 2.24) is 0 Å². The Bertz CT molecular complexity index is 496. The van der Waals surface area contributed by atoms with Crippen LogP contribution in [-0.4, -0.2) is 27.3 Å². The highest BCUT2D eigenvalue weighted by molar-refractivity contribution is 7.28. The van der Waals surface area contributed by atoms with E-state index in [0.29, 0.717) is 5.56 Å². The molecule has 1 atom stereocenters. The number of hydrogen-bond acceptors (Lipinski definition) is 4. The summed E-state index contributed by atoms with van der Waals surface area (Å²) >= 11 is 0. The van der Waals surface area contributed by atoms with Crippen molar-refractivity contribution in [2.75, 3.05) is 0 Å². The molecule has 0 saturated carbocycles. The molecule has 0 aliphatic heterocycles. The van der Waals surface area contributed by atoms with E-state index in [2.05, 4.69) is 23.7 Å². The number of carbonyl (C=O) groups is 1. The molecule has 0 spiro atoms. The van der Waals surface area contributed by atoms with Crippen molar-refractivity contribution in [1.29, 1.82) is 0 Å². The molecule has 0 bridgehead atoms. The first-order chi connectivity index (χ1) is 9.00. The fourth-order valence-corrected chi connectivity index (χ4v) is 1.87. The zero-order valence-electron chi connectivity index (χ0n) is 10.2. The predicted octanol–water partition coefficient (Wildman–Crippen LogP) is 1.77. The van der Waals surface area contributed by atoms with Crippen LogP contribution in [0.4, 0.5) is 0 Å². The largest absolute Gasteiger partial charge is 0.504 e. The third-order valence-electron chi connectivity index (χ3n) is 2.31. The van der Waals surface area contributed by atoms with E-state index in [4.69, 9.17) is 21.1 Å². The molecule has 0 amide bonds. The molecule has 0 aliphatic carbocycles. The van der Waals surface area contributed by atoms with Crippen LogP contribution < -0.4 is 5.73 Å². The monoisotopic (exact) mass is 281 g/mol. The van der Waals surface area contributed by atoms with Gasteiger partial charge in [-0.25, -0.2) is 0 Å². The number of aromatic hydroxyl groups is 2. The predicted molar refractivity (Wildman–Crippen MR) is 75.0 cm³/mol. The molecule has 0 radical (unpaired) electrons. The van der Waals surface area contributed by atoms with Gasteiger partial charge in [0.25, 0.3) is 0 Å². The number of phenolic OH excluding ortho intramolecular Hbond substituents is 2. The van der Waals surface area contributed by atoms with Crippen LogP contribution in [0.5, 0.6) is 11.5 Å². The molecule has 102 valence electrons. The molecule has 1 aromatic carbocycles. The van der Waals surface area contributed by atoms with Crippen LogP contribution in [0.25, 0.3) is 0 Å². The van der Waals surface area contributed by atoms with E-state index in [1.165, 1.54) is 18.2 Å². The molecule has 0 fully saturated rings. The highest BCUT2D eigenvalue weighted by Crippen LogP contribution is 2.25. The molecule has 1 heterocycles. The van der Waals surface area contributed by atoms with E-state index in [1.807, 2.05) is 0 Å². The maximum Gasteiger partial charge on any atom is 0.320 e. The van der Waals surface area contributed by atoms with Gasteiger partial charge in [-0.05, 0) is 35.7 Å². The SMILES string of the molecule is N[C@@H](Cc1ccc(O)c(O)c1)C(=O)O.c1cc[pH]c1. The minimum Gasteiger partial charge on any atom is -0.504 e. The van der Waals surface area contributed by atoms with Gasteiger partial charge in [-0.2, -0.15) is 0 Å². The maximum atomic E-state index is 10.4. The van der Waals surface area contributed by atoms with E-state index in [9.17, 15) is 4.79 Å². The summed E-state index contributed by atoms with van der Waals surface area (Å²) in [6, 6.07) is 7.23. The Morgan fingerprint density at radius 3 is 2.26 bits per heavy atom. The van der Waals surface area contributed by atoms with Crippen molar-refractivity contribution in [2.24, 2.45) is 5.73 Å². The van der Waals surface area contributed by atoms with Crippen LogP contribution in [-0.2, 0) is 11.2 Å². The van der Waals surface area contributed by atoms with E-state index in [0.717, 1.165) is 8.19 Å². The highest BCUT2D eigenvalue weighted by atomic mass is 31.0. The third-order valence-corrected chi connectivity index (χ3v) is 3.08. The van der Waals surface area contributed by atoms with Crippen LogP contribution in [0.15, 0.2) is 41.9 Å². The molecule has 2 rings (SSSR count). The number of benzene rings is 1. The van der Waals surface area contributed by atoms with Gasteiger partial charge in [0, 0.05) is 0 Å². The first kappa shape index (κ1) is 15.1. The zero-order valence-corrected chi connectivity index (χ0v) is 11.2. The molecular weight excluding hydrogens is 265 g/mol. The first-order valence-corrected chi connectivity index (χ1v) is 6.73. The molecule has 0 saturated heterocycles. The Morgan fingerprint density at radius 1 is 1.21 bits per heavy atom. The lowest BCUT2D eigenvalue weighted by Crippen LogP contribution is -2.32. The van der Waals surface area contributed by atoms with Gasteiger partial charge in [-0.15, -0.1) is 8.19 Å². The Morgan fingerprint density at radius 2 is 1.84 bits per heavy atom. The summed E-state index contributed by atoms with van der Waals surface area (Å²) in [5.74, 6) is 2.69. The van der Waals surface area contributed by atoms with Gasteiger partial charge in [0.1, 0.15) is 6.04 Å². The van der Waals surface area contributed by atoms with Crippen LogP contribution in [0.1, 0.15) is 5.56 Å². The van der Waals surface area contributed by atoms with Crippen molar-refractivity contribution in [2.45, 2.75) is 12.5 Å². The van der Waals surface area contributed by atoms with E-state index >= 15 is 0 Å². The maximum absolute atomic E-state index is 10.4. The van der Waals surface area contributed by atoms with Gasteiger partial charge >= 0.3 is 5.97 Å². The standard InChI is InChI=1S/C9H11NO4.C4H5P/c10-6(9(13)14)3-5-1-2-7(11)8(12)4-5;1-2-4-5-3-1/h1-2,4,6,11-12H,3,10H2,(H,13,14);1-5H/t6-;/m0./s1. The zero-order chi connectivity index (χ0) is 14.3. The fraction of sp³-hybridized carbons (Fsp3) is 0.154. The van der Waals surface area contributed by atoms with Crippen molar-refractivity contribution >= 4 is 14.2 Å². The lowest BCUT2D eigenvalue weighted by atomic mass is 10.1. The van der Waals surface area contributed by atoms with Crippen molar-refractivity contribution in [3.63, 3.8) is 0 Å². The van der Waals surface area contributed by atoms with E-state index < -0.39 is 12.0 Å². The quantitative estimate of drug-likeness (QED) is 0.642. The minimum atomic E-state index is -1.10. The van der Waals surface area contributed by atoms with Gasteiger partial charge in [0.15, 0.2) is 11.5 Å². The lowest BCUT2D eigenvalue weighted by molar-refractivity contribution is -0.138. The number of aliphatic carboxylic acids is 1. The van der Waals surface area contributed by atoms with Crippen molar-refractivity contribution in [3.8, 4) is 11.5 Å². The Balaban J connectivity index is 0.000000300. The number of rotatable bonds is 3. The summed E-state index contributed by atoms with van der Waals surface area (Å²) in [6.45, 7) is 0. The molecule has 5 nitrogen and oxygen atoms in total. The second-order valence-electron chi connectivity index (χ2n) is 3.86. The van der Waals surface area contributed by atoms with Gasteiger partial charge in [0.05, 0.1) is 0 Å². The molecule has 1 aromatic heterocycles. The molecular formula is C13H16NO4P. The smallest absolute Gasteiger partial charge is 0.320 e. The summed E-state index contributed by atoms with van der Waals surface area (Å²) in [7, 11) is 0.948. The van der Waals surface area contributed by atoms with Crippen LogP contribution in [0.3, 0.4) is 0 Å². The molecule has 6 heteroatoms. The summed E-state index contributed by atoms with van der Waals surface area (Å²) in [6.07, 6.45) is 0.114. The number of carboxylic acids is 1.